The second-order valence-corrected chi connectivity index (χ2v) is 4.58. The zero-order valence-corrected chi connectivity index (χ0v) is 13.8. The van der Waals surface area contributed by atoms with E-state index in [1.807, 2.05) is 0 Å². The summed E-state index contributed by atoms with van der Waals surface area (Å²) in [5, 5.41) is 32.2. The molecule has 0 aromatic carbocycles. The molecular formula is C16H32O6. The fraction of sp³-hybridized carbons (Fsp3) is 0.750. The van der Waals surface area contributed by atoms with Crippen LogP contribution < -0.4 is 0 Å². The normalized spacial score (nSPS) is 9.45. The molecule has 0 fully saturated rings. The van der Waals surface area contributed by atoms with Crippen LogP contribution in [0.5, 0.6) is 0 Å². The molecule has 0 aromatic heterocycles. The first-order valence-electron chi connectivity index (χ1n) is 7.81. The van der Waals surface area contributed by atoms with Gasteiger partial charge in [0.15, 0.2) is 0 Å². The van der Waals surface area contributed by atoms with Crippen molar-refractivity contribution < 1.29 is 30.0 Å². The molecule has 4 N–H and O–H groups in total. The van der Waals surface area contributed by atoms with E-state index in [2.05, 4.69) is 13.8 Å². The summed E-state index contributed by atoms with van der Waals surface area (Å²) in [5.74, 6) is -2.51. The molecule has 0 aliphatic rings. The van der Waals surface area contributed by atoms with Crippen LogP contribution in [0.4, 0.5) is 0 Å². The lowest BCUT2D eigenvalue weighted by Gasteiger charge is -1.90. The molecule has 0 bridgehead atoms. The van der Waals surface area contributed by atoms with Crippen LogP contribution in [0.1, 0.15) is 65.2 Å². The Morgan fingerprint density at radius 3 is 1.18 bits per heavy atom. The molecule has 0 rings (SSSR count). The SMILES string of the molecule is CCCCCCO.CCCCCCO.O=C(O)/C=C\C(=O)O. The summed E-state index contributed by atoms with van der Waals surface area (Å²) in [6, 6.07) is 0. The summed E-state index contributed by atoms with van der Waals surface area (Å²) in [7, 11) is 0. The Hall–Kier alpha value is -1.40. The summed E-state index contributed by atoms with van der Waals surface area (Å²) in [6.45, 7) is 5.05. The van der Waals surface area contributed by atoms with Crippen LogP contribution in [0.15, 0.2) is 12.2 Å². The summed E-state index contributed by atoms with van der Waals surface area (Å²) < 4.78 is 0. The van der Waals surface area contributed by atoms with E-state index in [9.17, 15) is 9.59 Å². The van der Waals surface area contributed by atoms with Gasteiger partial charge in [-0.25, -0.2) is 9.59 Å². The zero-order chi connectivity index (χ0) is 17.6. The van der Waals surface area contributed by atoms with Crippen LogP contribution in [0.2, 0.25) is 0 Å². The summed E-state index contributed by atoms with van der Waals surface area (Å²) in [5.41, 5.74) is 0. The molecule has 0 heterocycles. The van der Waals surface area contributed by atoms with Gasteiger partial charge in [-0.3, -0.25) is 0 Å². The van der Waals surface area contributed by atoms with E-state index in [0.717, 1.165) is 12.8 Å². The van der Waals surface area contributed by atoms with Crippen molar-refractivity contribution in [1.82, 2.24) is 0 Å². The Balaban J connectivity index is -0.000000247. The van der Waals surface area contributed by atoms with Crippen LogP contribution in [0.3, 0.4) is 0 Å². The Kier molecular flexibility index (Phi) is 28.6. The first kappa shape index (κ1) is 25.5. The predicted molar refractivity (Wildman–Crippen MR) is 86.9 cm³/mol. The van der Waals surface area contributed by atoms with Gasteiger partial charge in [-0.15, -0.1) is 0 Å². The number of aliphatic carboxylic acids is 2. The van der Waals surface area contributed by atoms with Crippen molar-refractivity contribution in [2.75, 3.05) is 13.2 Å². The number of aliphatic hydroxyl groups excluding tert-OH is 2. The predicted octanol–water partition coefficient (Wildman–Crippen LogP) is 2.83. The van der Waals surface area contributed by atoms with Crippen molar-refractivity contribution in [2.45, 2.75) is 65.2 Å². The monoisotopic (exact) mass is 320 g/mol. The maximum atomic E-state index is 9.55. The average Bonchev–Trinajstić information content (AvgIpc) is 2.48. The highest BCUT2D eigenvalue weighted by atomic mass is 16.4. The summed E-state index contributed by atoms with van der Waals surface area (Å²) in [4.78, 5) is 19.1. The molecule has 0 saturated carbocycles. The van der Waals surface area contributed by atoms with Gasteiger partial charge in [-0.2, -0.15) is 0 Å². The van der Waals surface area contributed by atoms with Gasteiger partial charge < -0.3 is 20.4 Å². The van der Waals surface area contributed by atoms with Crippen molar-refractivity contribution >= 4 is 11.9 Å². The lowest BCUT2D eigenvalue weighted by molar-refractivity contribution is -0.134. The molecule has 0 saturated heterocycles. The Bertz CT molecular complexity index is 229. The third-order valence-corrected chi connectivity index (χ3v) is 2.39. The molecular weight excluding hydrogens is 288 g/mol. The molecule has 132 valence electrons. The van der Waals surface area contributed by atoms with E-state index >= 15 is 0 Å². The van der Waals surface area contributed by atoms with Crippen LogP contribution in [-0.4, -0.2) is 45.6 Å². The van der Waals surface area contributed by atoms with E-state index in [-0.39, 0.29) is 0 Å². The first-order valence-corrected chi connectivity index (χ1v) is 7.81. The van der Waals surface area contributed by atoms with Crippen molar-refractivity contribution in [1.29, 1.82) is 0 Å². The topological polar surface area (TPSA) is 115 Å². The van der Waals surface area contributed by atoms with Gasteiger partial charge in [0.05, 0.1) is 0 Å². The molecule has 6 nitrogen and oxygen atoms in total. The molecule has 6 heteroatoms. The van der Waals surface area contributed by atoms with Crippen molar-refractivity contribution in [3.63, 3.8) is 0 Å². The van der Waals surface area contributed by atoms with E-state index in [1.54, 1.807) is 0 Å². The molecule has 0 aromatic rings. The Labute approximate surface area is 133 Å². The summed E-state index contributed by atoms with van der Waals surface area (Å²) >= 11 is 0. The van der Waals surface area contributed by atoms with Gasteiger partial charge in [0.1, 0.15) is 0 Å². The quantitative estimate of drug-likeness (QED) is 0.363. The minimum Gasteiger partial charge on any atom is -0.478 e. The standard InChI is InChI=1S/2C6H14O.C4H4O4/c2*1-2-3-4-5-6-7;5-3(6)1-2-4(7)8/h2*7H,2-6H2,1H3;1-2H,(H,5,6)(H,7,8)/b;;2-1-. The number of aliphatic hydroxyl groups is 2. The largest absolute Gasteiger partial charge is 0.478 e. The number of carbonyl (C=O) groups is 2. The number of carboxylic acid groups (broad SMARTS) is 2. The van der Waals surface area contributed by atoms with Gasteiger partial charge in [-0.1, -0.05) is 52.4 Å². The Morgan fingerprint density at radius 1 is 0.682 bits per heavy atom. The first-order chi connectivity index (χ1) is 10.5. The van der Waals surface area contributed by atoms with Crippen molar-refractivity contribution in [3.8, 4) is 0 Å². The smallest absolute Gasteiger partial charge is 0.328 e. The van der Waals surface area contributed by atoms with Gasteiger partial charge in [0, 0.05) is 25.4 Å². The zero-order valence-electron chi connectivity index (χ0n) is 13.8. The molecule has 0 atom stereocenters. The minimum absolute atomic E-state index is 0.361. The summed E-state index contributed by atoms with van der Waals surface area (Å²) in [6.07, 6.45) is 10.5. The van der Waals surface area contributed by atoms with Crippen LogP contribution >= 0.6 is 0 Å². The number of hydrogen-bond acceptors (Lipinski definition) is 4. The lowest BCUT2D eigenvalue weighted by atomic mass is 10.2. The minimum atomic E-state index is -1.26. The van der Waals surface area contributed by atoms with Crippen LogP contribution in [0.25, 0.3) is 0 Å². The van der Waals surface area contributed by atoms with E-state index in [1.165, 1.54) is 38.5 Å². The van der Waals surface area contributed by atoms with E-state index in [4.69, 9.17) is 20.4 Å². The number of carboxylic acids is 2. The van der Waals surface area contributed by atoms with Gasteiger partial charge >= 0.3 is 11.9 Å². The molecule has 0 spiro atoms. The van der Waals surface area contributed by atoms with Gasteiger partial charge in [-0.05, 0) is 12.8 Å². The van der Waals surface area contributed by atoms with Crippen molar-refractivity contribution in [2.24, 2.45) is 0 Å². The van der Waals surface area contributed by atoms with E-state index < -0.39 is 11.9 Å². The fourth-order valence-electron chi connectivity index (χ4n) is 1.22. The molecule has 0 radical (unpaired) electrons. The molecule has 0 aliphatic heterocycles. The molecule has 0 unspecified atom stereocenters. The second-order valence-electron chi connectivity index (χ2n) is 4.58. The number of hydrogen-bond donors (Lipinski definition) is 4. The maximum Gasteiger partial charge on any atom is 0.328 e. The Morgan fingerprint density at radius 2 is 1.00 bits per heavy atom. The fourth-order valence-corrected chi connectivity index (χ4v) is 1.22. The molecule has 22 heavy (non-hydrogen) atoms. The third-order valence-electron chi connectivity index (χ3n) is 2.39. The van der Waals surface area contributed by atoms with E-state index in [0.29, 0.717) is 25.4 Å². The second kappa shape index (κ2) is 24.6. The van der Waals surface area contributed by atoms with Gasteiger partial charge in [0.2, 0.25) is 0 Å². The highest BCUT2D eigenvalue weighted by Crippen LogP contribution is 1.96. The lowest BCUT2D eigenvalue weighted by Crippen LogP contribution is -1.91. The highest BCUT2D eigenvalue weighted by molar-refractivity contribution is 5.89. The van der Waals surface area contributed by atoms with Crippen LogP contribution in [-0.2, 0) is 9.59 Å². The van der Waals surface area contributed by atoms with Gasteiger partial charge in [0.25, 0.3) is 0 Å². The number of unbranched alkanes of at least 4 members (excludes halogenated alkanes) is 6. The molecule has 0 aliphatic carbocycles. The maximum absolute atomic E-state index is 9.55. The molecule has 0 amide bonds. The average molecular weight is 320 g/mol. The van der Waals surface area contributed by atoms with Crippen molar-refractivity contribution in [3.05, 3.63) is 12.2 Å². The van der Waals surface area contributed by atoms with Crippen LogP contribution in [0, 0.1) is 0 Å². The highest BCUT2D eigenvalue weighted by Gasteiger charge is 1.88. The number of rotatable bonds is 10. The third kappa shape index (κ3) is 42.8.